The van der Waals surface area contributed by atoms with Crippen LogP contribution in [0.5, 0.6) is 0 Å². The van der Waals surface area contributed by atoms with E-state index in [1.165, 1.54) is 27.8 Å². The summed E-state index contributed by atoms with van der Waals surface area (Å²) in [7, 11) is 3.24. The van der Waals surface area contributed by atoms with E-state index in [2.05, 4.69) is 36.4 Å². The largest absolute Gasteiger partial charge is 0.464 e. The highest BCUT2D eigenvalue weighted by atomic mass is 16.5. The molecule has 264 valence electrons. The standard InChI is InChI=1S/C35H46N6O8/c1-35(2,3)20-24-10-8-13-27-30(24)38-28(41(27)34(46)47)21-40-17-9-12-26(32(40)44)36-31(43)25(11-6-7-14-29(42)39(4)5)37-33(45)49-22-23-15-18-48-19-16-23/h7-10,12-14,17,23,25H,6,11,15-16,18-22H2,1-5H3,(H,36,43)(H,37,45)(H,46,47)/b14-7+/t25-/m0/s1. The fourth-order valence-corrected chi connectivity index (χ4v) is 5.52. The number of fused-ring (bicyclic) bond motifs is 1. The van der Waals surface area contributed by atoms with Crippen molar-refractivity contribution in [2.24, 2.45) is 11.3 Å². The van der Waals surface area contributed by atoms with E-state index in [1.807, 2.05) is 6.07 Å². The van der Waals surface area contributed by atoms with Gasteiger partial charge in [-0.25, -0.2) is 19.1 Å². The van der Waals surface area contributed by atoms with Crippen LogP contribution in [0.3, 0.4) is 0 Å². The van der Waals surface area contributed by atoms with Gasteiger partial charge in [0.05, 0.1) is 24.2 Å². The number of rotatable bonds is 12. The third kappa shape index (κ3) is 10.3. The third-order valence-electron chi connectivity index (χ3n) is 8.06. The number of para-hydroxylation sites is 1. The number of ether oxygens (including phenoxy) is 2. The van der Waals surface area contributed by atoms with Crippen LogP contribution in [0.25, 0.3) is 11.0 Å². The van der Waals surface area contributed by atoms with Crippen molar-refractivity contribution in [2.75, 3.05) is 39.2 Å². The average Bonchev–Trinajstić information content (AvgIpc) is 3.42. The molecule has 14 nitrogen and oxygen atoms in total. The number of pyridine rings is 1. The molecular weight excluding hydrogens is 632 g/mol. The molecule has 3 N–H and O–H groups in total. The lowest BCUT2D eigenvalue weighted by atomic mass is 9.88. The van der Waals surface area contributed by atoms with Crippen LogP contribution in [0.2, 0.25) is 0 Å². The number of nitrogens with zero attached hydrogens (tertiary/aromatic N) is 4. The predicted octanol–water partition coefficient (Wildman–Crippen LogP) is 4.25. The number of hydrogen-bond acceptors (Lipinski definition) is 8. The molecule has 1 aliphatic rings. The summed E-state index contributed by atoms with van der Waals surface area (Å²) in [4.78, 5) is 70.1. The maximum absolute atomic E-state index is 13.6. The van der Waals surface area contributed by atoms with Crippen LogP contribution in [0, 0.1) is 11.3 Å². The minimum atomic E-state index is -1.23. The van der Waals surface area contributed by atoms with Crippen LogP contribution < -0.4 is 16.2 Å². The normalized spacial score (nSPS) is 14.5. The average molecular weight is 679 g/mol. The monoisotopic (exact) mass is 678 g/mol. The van der Waals surface area contributed by atoms with Crippen LogP contribution in [-0.2, 0) is 32.0 Å². The fourth-order valence-electron chi connectivity index (χ4n) is 5.52. The Kier molecular flexibility index (Phi) is 12.3. The van der Waals surface area contributed by atoms with E-state index in [1.54, 1.807) is 38.4 Å². The number of anilines is 1. The first kappa shape index (κ1) is 36.8. The molecule has 2 aromatic heterocycles. The zero-order valence-electron chi connectivity index (χ0n) is 28.7. The molecule has 14 heteroatoms. The van der Waals surface area contributed by atoms with E-state index >= 15 is 0 Å². The van der Waals surface area contributed by atoms with Crippen molar-refractivity contribution >= 4 is 40.7 Å². The number of carbonyl (C=O) groups excluding carboxylic acids is 3. The molecule has 0 spiro atoms. The quantitative estimate of drug-likeness (QED) is 0.237. The van der Waals surface area contributed by atoms with E-state index in [9.17, 15) is 29.1 Å². The summed E-state index contributed by atoms with van der Waals surface area (Å²) in [5.41, 5.74) is 1.13. The Morgan fingerprint density at radius 1 is 1.14 bits per heavy atom. The first-order valence-corrected chi connectivity index (χ1v) is 16.3. The highest BCUT2D eigenvalue weighted by molar-refractivity contribution is 5.96. The first-order valence-electron chi connectivity index (χ1n) is 16.3. The van der Waals surface area contributed by atoms with Crippen LogP contribution in [-0.4, -0.2) is 88.1 Å². The number of nitrogens with one attached hydrogen (secondary N) is 2. The van der Waals surface area contributed by atoms with Crippen LogP contribution in [0.4, 0.5) is 15.3 Å². The predicted molar refractivity (Wildman–Crippen MR) is 184 cm³/mol. The molecule has 3 aromatic rings. The topological polar surface area (TPSA) is 174 Å². The SMILES string of the molecule is CN(C)C(=O)/C=C/CC[C@H](NC(=O)OCC1CCOCC1)C(=O)Nc1cccn(Cc2nc3c(CC(C)(C)C)cccc3n2C(=O)O)c1=O. The summed E-state index contributed by atoms with van der Waals surface area (Å²) in [6.45, 7) is 7.45. The highest BCUT2D eigenvalue weighted by Gasteiger charge is 2.25. The van der Waals surface area contributed by atoms with E-state index in [4.69, 9.17) is 9.47 Å². The molecule has 0 aliphatic carbocycles. The zero-order chi connectivity index (χ0) is 35.7. The van der Waals surface area contributed by atoms with Gasteiger partial charge in [-0.2, -0.15) is 0 Å². The van der Waals surface area contributed by atoms with Crippen molar-refractivity contribution in [3.63, 3.8) is 0 Å². The van der Waals surface area contributed by atoms with Crippen molar-refractivity contribution < 1.29 is 33.8 Å². The molecule has 4 rings (SSSR count). The first-order chi connectivity index (χ1) is 23.2. The van der Waals surface area contributed by atoms with Crippen molar-refractivity contribution in [3.05, 3.63) is 70.4 Å². The molecule has 0 bridgehead atoms. The maximum atomic E-state index is 13.6. The molecule has 0 saturated carbocycles. The molecule has 49 heavy (non-hydrogen) atoms. The third-order valence-corrected chi connectivity index (χ3v) is 8.06. The van der Waals surface area contributed by atoms with Gasteiger partial charge < -0.3 is 34.7 Å². The van der Waals surface area contributed by atoms with Gasteiger partial charge in [0.15, 0.2) is 0 Å². The summed E-state index contributed by atoms with van der Waals surface area (Å²) in [5.74, 6) is -0.583. The van der Waals surface area contributed by atoms with Gasteiger partial charge in [0.1, 0.15) is 17.6 Å². The van der Waals surface area contributed by atoms with E-state index < -0.39 is 29.7 Å². The Bertz CT molecular complexity index is 1750. The number of allylic oxidation sites excluding steroid dienone is 1. The van der Waals surface area contributed by atoms with Crippen LogP contribution >= 0.6 is 0 Å². The van der Waals surface area contributed by atoms with Crippen LogP contribution in [0.1, 0.15) is 57.8 Å². The summed E-state index contributed by atoms with van der Waals surface area (Å²) < 4.78 is 13.1. The highest BCUT2D eigenvalue weighted by Crippen LogP contribution is 2.27. The Morgan fingerprint density at radius 2 is 1.88 bits per heavy atom. The number of imidazole rings is 1. The second kappa shape index (κ2) is 16.4. The summed E-state index contributed by atoms with van der Waals surface area (Å²) in [6.07, 6.45) is 5.06. The zero-order valence-corrected chi connectivity index (χ0v) is 28.7. The molecule has 1 atom stereocenters. The maximum Gasteiger partial charge on any atom is 0.417 e. The summed E-state index contributed by atoms with van der Waals surface area (Å²) in [6, 6.07) is 7.27. The molecule has 1 aromatic carbocycles. The molecule has 1 fully saturated rings. The second-order valence-corrected chi connectivity index (χ2v) is 13.6. The Balaban J connectivity index is 1.54. The number of aromatic nitrogens is 3. The number of carboxylic acid groups (broad SMARTS) is 1. The molecular formula is C35H46N6O8. The van der Waals surface area contributed by atoms with Crippen LogP contribution in [0.15, 0.2) is 53.5 Å². The number of alkyl carbamates (subject to hydrolysis) is 1. The van der Waals surface area contributed by atoms with E-state index in [-0.39, 0.29) is 54.7 Å². The molecule has 0 radical (unpaired) electrons. The number of benzene rings is 1. The molecule has 0 unspecified atom stereocenters. The van der Waals surface area contributed by atoms with Gasteiger partial charge in [-0.05, 0) is 73.3 Å². The summed E-state index contributed by atoms with van der Waals surface area (Å²) in [5, 5.41) is 15.3. The second-order valence-electron chi connectivity index (χ2n) is 13.6. The Hall–Kier alpha value is -4.98. The van der Waals surface area contributed by atoms with Gasteiger partial charge in [0, 0.05) is 33.5 Å². The molecule has 3 heterocycles. The number of amides is 3. The minimum absolute atomic E-state index is 0.0698. The van der Waals surface area contributed by atoms with Gasteiger partial charge in [0.25, 0.3) is 5.56 Å². The van der Waals surface area contributed by atoms with E-state index in [0.717, 1.165) is 23.0 Å². The fraction of sp³-hybridized carbons (Fsp3) is 0.486. The van der Waals surface area contributed by atoms with Crippen molar-refractivity contribution in [1.82, 2.24) is 24.3 Å². The van der Waals surface area contributed by atoms with Gasteiger partial charge in [0.2, 0.25) is 11.8 Å². The number of carbonyl (C=O) groups is 4. The van der Waals surface area contributed by atoms with Gasteiger partial charge in [-0.15, -0.1) is 0 Å². The van der Waals surface area contributed by atoms with Gasteiger partial charge >= 0.3 is 12.2 Å². The van der Waals surface area contributed by atoms with Crippen molar-refractivity contribution in [3.8, 4) is 0 Å². The van der Waals surface area contributed by atoms with Gasteiger partial charge in [-0.3, -0.25) is 14.4 Å². The van der Waals surface area contributed by atoms with Gasteiger partial charge in [-0.1, -0.05) is 39.0 Å². The Morgan fingerprint density at radius 3 is 2.55 bits per heavy atom. The van der Waals surface area contributed by atoms with Crippen molar-refractivity contribution in [2.45, 2.75) is 65.5 Å². The number of hydrogen-bond donors (Lipinski definition) is 3. The molecule has 3 amide bonds. The Labute approximate surface area is 285 Å². The van der Waals surface area contributed by atoms with E-state index in [0.29, 0.717) is 30.7 Å². The van der Waals surface area contributed by atoms with Crippen molar-refractivity contribution in [1.29, 1.82) is 0 Å². The lowest BCUT2D eigenvalue weighted by Crippen LogP contribution is -2.45. The minimum Gasteiger partial charge on any atom is -0.464 e. The smallest absolute Gasteiger partial charge is 0.417 e. The molecule has 1 saturated heterocycles. The lowest BCUT2D eigenvalue weighted by Gasteiger charge is -2.22. The lowest BCUT2D eigenvalue weighted by molar-refractivity contribution is -0.123. The number of likely N-dealkylation sites (N-methyl/N-ethyl adjacent to an activating group) is 1. The summed E-state index contributed by atoms with van der Waals surface area (Å²) >= 11 is 0. The molecule has 1 aliphatic heterocycles.